The van der Waals surface area contributed by atoms with Crippen molar-refractivity contribution < 1.29 is 19.2 Å². The quantitative estimate of drug-likeness (QED) is 0.0719. The van der Waals surface area contributed by atoms with Gasteiger partial charge >= 0.3 is 0 Å². The summed E-state index contributed by atoms with van der Waals surface area (Å²) in [4.78, 5) is 23.0. The topological polar surface area (TPSA) is 114 Å². The number of non-ortho nitro benzene ring substituents is 1. The number of hydrogen-bond donors (Lipinski definition) is 1. The highest BCUT2D eigenvalue weighted by Crippen LogP contribution is 2.36. The van der Waals surface area contributed by atoms with E-state index in [9.17, 15) is 20.2 Å². The van der Waals surface area contributed by atoms with E-state index in [4.69, 9.17) is 9.47 Å². The van der Waals surface area contributed by atoms with Crippen LogP contribution in [0, 0.1) is 25.0 Å². The summed E-state index contributed by atoms with van der Waals surface area (Å²) in [6.45, 7) is 2.61. The average Bonchev–Trinajstić information content (AvgIpc) is 2.91. The van der Waals surface area contributed by atoms with Crippen molar-refractivity contribution in [3.63, 3.8) is 0 Å². The number of ether oxygens (including phenoxy) is 2. The number of fused-ring (bicyclic) bond motifs is 1. The highest BCUT2D eigenvalue weighted by molar-refractivity contribution is 14.1. The number of nitro benzene ring substituents is 1. The molecule has 0 heterocycles. The predicted octanol–water partition coefficient (Wildman–Crippen LogP) is 6.88. The summed E-state index contributed by atoms with van der Waals surface area (Å²) in [7, 11) is 0. The number of benzene rings is 4. The molecule has 0 atom stereocenters. The molecule has 9 heteroatoms. The van der Waals surface area contributed by atoms with Gasteiger partial charge in [-0.25, -0.2) is 0 Å². The molecule has 38 heavy (non-hydrogen) atoms. The largest absolute Gasteiger partial charge is 0.490 e. The number of carbonyl (C=O) groups is 1. The van der Waals surface area contributed by atoms with Gasteiger partial charge in [0.2, 0.25) is 0 Å². The van der Waals surface area contributed by atoms with Crippen molar-refractivity contribution in [2.75, 3.05) is 11.9 Å². The van der Waals surface area contributed by atoms with Crippen molar-refractivity contribution in [3.8, 4) is 17.6 Å². The first kappa shape index (κ1) is 26.6. The van der Waals surface area contributed by atoms with Gasteiger partial charge in [0, 0.05) is 17.8 Å². The van der Waals surface area contributed by atoms with E-state index in [1.165, 1.54) is 30.3 Å². The second-order valence-corrected chi connectivity index (χ2v) is 9.28. The first-order chi connectivity index (χ1) is 18.4. The van der Waals surface area contributed by atoms with Crippen LogP contribution >= 0.6 is 22.6 Å². The van der Waals surface area contributed by atoms with E-state index in [0.29, 0.717) is 36.0 Å². The SMILES string of the molecule is CCOc1cc(C=C(C#N)C(=O)Nc2ccc([N+](=O)[O-])cc2)cc(I)c1OCc1cccc2ccccc12. The van der Waals surface area contributed by atoms with Crippen LogP contribution in [0.3, 0.4) is 0 Å². The molecule has 0 unspecified atom stereocenters. The summed E-state index contributed by atoms with van der Waals surface area (Å²) in [6, 6.07) is 25.0. The first-order valence-electron chi connectivity index (χ1n) is 11.6. The predicted molar refractivity (Wildman–Crippen MR) is 154 cm³/mol. The molecular weight excluding hydrogens is 597 g/mol. The molecule has 0 spiro atoms. The molecule has 4 rings (SSSR count). The highest BCUT2D eigenvalue weighted by Gasteiger charge is 2.16. The molecule has 0 fully saturated rings. The lowest BCUT2D eigenvalue weighted by atomic mass is 10.1. The normalized spacial score (nSPS) is 11.0. The second-order valence-electron chi connectivity index (χ2n) is 8.12. The Morgan fingerprint density at radius 3 is 2.53 bits per heavy atom. The number of nitro groups is 1. The minimum absolute atomic E-state index is 0.0974. The van der Waals surface area contributed by atoms with Crippen molar-refractivity contribution in [1.29, 1.82) is 5.26 Å². The third-order valence-electron chi connectivity index (χ3n) is 5.60. The van der Waals surface area contributed by atoms with Gasteiger partial charge in [-0.05, 0) is 81.8 Å². The summed E-state index contributed by atoms with van der Waals surface area (Å²) in [5, 5.41) is 25.3. The molecule has 0 aliphatic rings. The van der Waals surface area contributed by atoms with Crippen molar-refractivity contribution >= 4 is 56.7 Å². The number of rotatable bonds is 9. The van der Waals surface area contributed by atoms with Gasteiger partial charge in [0.15, 0.2) is 11.5 Å². The Kier molecular flexibility index (Phi) is 8.55. The maximum Gasteiger partial charge on any atom is 0.269 e. The maximum absolute atomic E-state index is 12.7. The van der Waals surface area contributed by atoms with Crippen LogP contribution < -0.4 is 14.8 Å². The Morgan fingerprint density at radius 1 is 1.08 bits per heavy atom. The number of nitriles is 1. The molecular formula is C29H22IN3O5. The third kappa shape index (κ3) is 6.27. The fraction of sp³-hybridized carbons (Fsp3) is 0.103. The molecule has 1 N–H and O–H groups in total. The zero-order chi connectivity index (χ0) is 27.1. The van der Waals surface area contributed by atoms with E-state index in [1.807, 2.05) is 37.3 Å². The third-order valence-corrected chi connectivity index (χ3v) is 6.40. The number of nitrogens with one attached hydrogen (secondary N) is 1. The lowest BCUT2D eigenvalue weighted by molar-refractivity contribution is -0.384. The van der Waals surface area contributed by atoms with Gasteiger partial charge in [-0.2, -0.15) is 5.26 Å². The van der Waals surface area contributed by atoms with Crippen molar-refractivity contribution in [2.45, 2.75) is 13.5 Å². The number of carbonyl (C=O) groups excluding carboxylic acids is 1. The summed E-state index contributed by atoms with van der Waals surface area (Å²) < 4.78 is 12.8. The molecule has 0 aromatic heterocycles. The van der Waals surface area contributed by atoms with Crippen LogP contribution in [-0.2, 0) is 11.4 Å². The van der Waals surface area contributed by atoms with E-state index in [0.717, 1.165) is 19.9 Å². The number of amides is 1. The molecule has 0 radical (unpaired) electrons. The average molecular weight is 619 g/mol. The molecule has 4 aromatic rings. The van der Waals surface area contributed by atoms with Crippen LogP contribution in [0.15, 0.2) is 84.4 Å². The van der Waals surface area contributed by atoms with Crippen LogP contribution in [0.4, 0.5) is 11.4 Å². The van der Waals surface area contributed by atoms with Gasteiger partial charge in [0.05, 0.1) is 15.1 Å². The molecule has 0 aliphatic carbocycles. The van der Waals surface area contributed by atoms with E-state index < -0.39 is 10.8 Å². The number of anilines is 1. The first-order valence-corrected chi connectivity index (χ1v) is 12.7. The molecule has 0 saturated carbocycles. The smallest absolute Gasteiger partial charge is 0.269 e. The summed E-state index contributed by atoms with van der Waals surface area (Å²) in [5.74, 6) is 0.441. The Bertz CT molecular complexity index is 1570. The van der Waals surface area contributed by atoms with E-state index in [-0.39, 0.29) is 11.3 Å². The van der Waals surface area contributed by atoms with Crippen molar-refractivity contribution in [2.24, 2.45) is 0 Å². The Labute approximate surface area is 232 Å². The summed E-state index contributed by atoms with van der Waals surface area (Å²) >= 11 is 2.14. The standard InChI is InChI=1S/C29H22IN3O5/c1-2-37-27-16-19(14-22(17-31)29(34)32-23-10-12-24(13-11-23)33(35)36)15-26(30)28(27)38-18-21-8-5-7-20-6-3-4-9-25(20)21/h3-16H,2,18H2,1H3,(H,32,34). The minimum Gasteiger partial charge on any atom is -0.490 e. The molecule has 0 aliphatic heterocycles. The van der Waals surface area contributed by atoms with Gasteiger partial charge in [0.25, 0.3) is 11.6 Å². The molecule has 0 saturated heterocycles. The Balaban J connectivity index is 1.57. The van der Waals surface area contributed by atoms with Gasteiger partial charge < -0.3 is 14.8 Å². The molecule has 4 aromatic carbocycles. The zero-order valence-electron chi connectivity index (χ0n) is 20.3. The Morgan fingerprint density at radius 2 is 1.82 bits per heavy atom. The highest BCUT2D eigenvalue weighted by atomic mass is 127. The lowest BCUT2D eigenvalue weighted by Gasteiger charge is -2.16. The molecule has 1 amide bonds. The van der Waals surface area contributed by atoms with Crippen LogP contribution in [-0.4, -0.2) is 17.4 Å². The number of halogens is 1. The zero-order valence-corrected chi connectivity index (χ0v) is 22.5. The minimum atomic E-state index is -0.634. The summed E-state index contributed by atoms with van der Waals surface area (Å²) in [6.07, 6.45) is 1.46. The second kappa shape index (κ2) is 12.2. The van der Waals surface area contributed by atoms with Gasteiger partial charge in [-0.1, -0.05) is 42.5 Å². The molecule has 8 nitrogen and oxygen atoms in total. The van der Waals surface area contributed by atoms with Gasteiger partial charge in [-0.15, -0.1) is 0 Å². The van der Waals surface area contributed by atoms with E-state index in [1.54, 1.807) is 12.1 Å². The number of hydrogen-bond acceptors (Lipinski definition) is 6. The molecule has 0 bridgehead atoms. The van der Waals surface area contributed by atoms with Crippen LogP contribution in [0.25, 0.3) is 16.8 Å². The van der Waals surface area contributed by atoms with Crippen LogP contribution in [0.2, 0.25) is 0 Å². The van der Waals surface area contributed by atoms with Crippen molar-refractivity contribution in [1.82, 2.24) is 0 Å². The molecule has 190 valence electrons. The van der Waals surface area contributed by atoms with E-state index >= 15 is 0 Å². The lowest BCUT2D eigenvalue weighted by Crippen LogP contribution is -2.13. The van der Waals surface area contributed by atoms with E-state index in [2.05, 4.69) is 46.1 Å². The van der Waals surface area contributed by atoms with Crippen molar-refractivity contribution in [3.05, 3.63) is 109 Å². The van der Waals surface area contributed by atoms with Crippen LogP contribution in [0.5, 0.6) is 11.5 Å². The fourth-order valence-electron chi connectivity index (χ4n) is 3.82. The number of nitrogens with zero attached hydrogens (tertiary/aromatic N) is 2. The van der Waals surface area contributed by atoms with Gasteiger partial charge in [0.1, 0.15) is 18.2 Å². The van der Waals surface area contributed by atoms with Crippen LogP contribution in [0.1, 0.15) is 18.1 Å². The fourth-order valence-corrected chi connectivity index (χ4v) is 4.60. The monoisotopic (exact) mass is 619 g/mol. The Hall–Kier alpha value is -4.43. The maximum atomic E-state index is 12.7. The van der Waals surface area contributed by atoms with Gasteiger partial charge in [-0.3, -0.25) is 14.9 Å². The summed E-state index contributed by atoms with van der Waals surface area (Å²) in [5.41, 5.74) is 1.74.